The molecule has 8 heteroatoms. The molecule has 0 saturated carbocycles. The van der Waals surface area contributed by atoms with Crippen molar-refractivity contribution in [1.29, 1.82) is 0 Å². The number of ether oxygens (including phenoxy) is 1. The molecular formula is C19H16F2N2O3S. The molecule has 0 unspecified atom stereocenters. The third-order valence-electron chi connectivity index (χ3n) is 3.67. The van der Waals surface area contributed by atoms with Crippen molar-refractivity contribution in [3.05, 3.63) is 71.6 Å². The van der Waals surface area contributed by atoms with Gasteiger partial charge in [-0.05, 0) is 62.4 Å². The molecule has 0 bridgehead atoms. The summed E-state index contributed by atoms with van der Waals surface area (Å²) in [7, 11) is 0. The van der Waals surface area contributed by atoms with Gasteiger partial charge in [0, 0.05) is 5.56 Å². The zero-order chi connectivity index (χ0) is 19.4. The van der Waals surface area contributed by atoms with Crippen LogP contribution in [0.2, 0.25) is 0 Å². The van der Waals surface area contributed by atoms with Crippen LogP contribution in [0, 0.1) is 11.6 Å². The Labute approximate surface area is 158 Å². The normalized spacial score (nSPS) is 13.2. The van der Waals surface area contributed by atoms with E-state index in [1.807, 2.05) is 0 Å². The zero-order valence-corrected chi connectivity index (χ0v) is 15.4. The lowest BCUT2D eigenvalue weighted by Crippen LogP contribution is -2.13. The molecule has 2 atom stereocenters. The number of carbonyl (C=O) groups excluding carboxylic acids is 1. The van der Waals surface area contributed by atoms with Crippen molar-refractivity contribution in [1.82, 2.24) is 10.2 Å². The van der Waals surface area contributed by atoms with Crippen molar-refractivity contribution in [2.75, 3.05) is 0 Å². The summed E-state index contributed by atoms with van der Waals surface area (Å²) in [6.45, 7) is 3.43. The van der Waals surface area contributed by atoms with E-state index >= 15 is 0 Å². The Morgan fingerprint density at radius 2 is 1.59 bits per heavy atom. The Kier molecular flexibility index (Phi) is 5.85. The first-order valence-electron chi connectivity index (χ1n) is 8.14. The number of benzene rings is 2. The van der Waals surface area contributed by atoms with Gasteiger partial charge in [0.15, 0.2) is 11.9 Å². The van der Waals surface area contributed by atoms with Crippen LogP contribution in [-0.4, -0.2) is 21.2 Å². The minimum Gasteiger partial charge on any atom is -0.481 e. The first kappa shape index (κ1) is 19.0. The van der Waals surface area contributed by atoms with Gasteiger partial charge in [0.2, 0.25) is 0 Å². The topological polar surface area (TPSA) is 65.2 Å². The van der Waals surface area contributed by atoms with Crippen LogP contribution in [0.5, 0.6) is 5.75 Å². The monoisotopic (exact) mass is 390 g/mol. The lowest BCUT2D eigenvalue weighted by Gasteiger charge is -2.10. The van der Waals surface area contributed by atoms with Gasteiger partial charge in [-0.2, -0.15) is 0 Å². The van der Waals surface area contributed by atoms with E-state index in [1.54, 1.807) is 13.8 Å². The molecule has 0 fully saturated rings. The molecule has 3 aromatic rings. The number of Topliss-reactive ketones (excluding diaryl/α,β-unsaturated/α-hetero) is 1. The first-order valence-corrected chi connectivity index (χ1v) is 9.02. The van der Waals surface area contributed by atoms with E-state index in [4.69, 9.17) is 9.15 Å². The van der Waals surface area contributed by atoms with Crippen molar-refractivity contribution in [3.63, 3.8) is 0 Å². The molecule has 0 aliphatic carbocycles. The number of halogens is 2. The standard InChI is InChI=1S/C19H16F2N2O3S/c1-11(25-16-9-7-15(21)8-10-16)18-22-23-19(26-18)27-12(2)17(24)13-3-5-14(20)6-4-13/h3-12H,1-2H3/t11-,12-/m0/s1. The fourth-order valence-electron chi connectivity index (χ4n) is 2.25. The first-order chi connectivity index (χ1) is 12.9. The summed E-state index contributed by atoms with van der Waals surface area (Å²) >= 11 is 1.11. The summed E-state index contributed by atoms with van der Waals surface area (Å²) in [6, 6.07) is 10.9. The molecule has 0 radical (unpaired) electrons. The average molecular weight is 390 g/mol. The number of thioether (sulfide) groups is 1. The number of rotatable bonds is 7. The summed E-state index contributed by atoms with van der Waals surface area (Å²) in [6.07, 6.45) is -0.541. The number of carbonyl (C=O) groups is 1. The third kappa shape index (κ3) is 4.91. The lowest BCUT2D eigenvalue weighted by molar-refractivity contribution is 0.0993. The SMILES string of the molecule is C[C@H](Sc1nnc([C@H](C)Oc2ccc(F)cc2)o1)C(=O)c1ccc(F)cc1. The van der Waals surface area contributed by atoms with E-state index < -0.39 is 17.2 Å². The maximum atomic E-state index is 13.0. The second-order valence-electron chi connectivity index (χ2n) is 5.75. The van der Waals surface area contributed by atoms with Crippen molar-refractivity contribution in [2.24, 2.45) is 0 Å². The van der Waals surface area contributed by atoms with Gasteiger partial charge in [0.05, 0.1) is 5.25 Å². The van der Waals surface area contributed by atoms with Crippen LogP contribution in [0.3, 0.4) is 0 Å². The summed E-state index contributed by atoms with van der Waals surface area (Å²) in [5.74, 6) is -0.218. The molecule has 5 nitrogen and oxygen atoms in total. The Balaban J connectivity index is 1.61. The van der Waals surface area contributed by atoms with Gasteiger partial charge < -0.3 is 9.15 Å². The summed E-state index contributed by atoms with van der Waals surface area (Å²) in [5, 5.41) is 7.58. The van der Waals surface area contributed by atoms with Gasteiger partial charge in [-0.25, -0.2) is 8.78 Å². The summed E-state index contributed by atoms with van der Waals surface area (Å²) < 4.78 is 37.1. The predicted octanol–water partition coefficient (Wildman–Crippen LogP) is 4.85. The Hall–Kier alpha value is -2.74. The largest absolute Gasteiger partial charge is 0.481 e. The van der Waals surface area contributed by atoms with E-state index in [1.165, 1.54) is 48.5 Å². The maximum Gasteiger partial charge on any atom is 0.277 e. The molecule has 0 saturated heterocycles. The fourth-order valence-corrected chi connectivity index (χ4v) is 3.02. The molecule has 3 rings (SSSR count). The van der Waals surface area contributed by atoms with Gasteiger partial charge in [0.25, 0.3) is 11.1 Å². The van der Waals surface area contributed by atoms with E-state index in [9.17, 15) is 13.6 Å². The number of nitrogens with zero attached hydrogens (tertiary/aromatic N) is 2. The fraction of sp³-hybridized carbons (Fsp3) is 0.211. The van der Waals surface area contributed by atoms with E-state index in [2.05, 4.69) is 10.2 Å². The Morgan fingerprint density at radius 1 is 1.00 bits per heavy atom. The highest BCUT2D eigenvalue weighted by atomic mass is 32.2. The lowest BCUT2D eigenvalue weighted by atomic mass is 10.1. The van der Waals surface area contributed by atoms with Crippen molar-refractivity contribution in [2.45, 2.75) is 30.4 Å². The van der Waals surface area contributed by atoms with Crippen molar-refractivity contribution < 1.29 is 22.7 Å². The Morgan fingerprint density at radius 3 is 2.22 bits per heavy atom. The number of ketones is 1. The number of aromatic nitrogens is 2. The van der Waals surface area contributed by atoms with Gasteiger partial charge in [-0.3, -0.25) is 4.79 Å². The zero-order valence-electron chi connectivity index (χ0n) is 14.6. The molecule has 0 amide bonds. The van der Waals surface area contributed by atoms with E-state index in [0.717, 1.165) is 11.8 Å². The maximum absolute atomic E-state index is 13.0. The van der Waals surface area contributed by atoms with E-state index in [0.29, 0.717) is 11.3 Å². The highest BCUT2D eigenvalue weighted by molar-refractivity contribution is 8.00. The average Bonchev–Trinajstić information content (AvgIpc) is 3.12. The second kappa shape index (κ2) is 8.30. The molecule has 27 heavy (non-hydrogen) atoms. The number of hydrogen-bond donors (Lipinski definition) is 0. The van der Waals surface area contributed by atoms with Gasteiger partial charge >= 0.3 is 0 Å². The molecule has 1 aromatic heterocycles. The summed E-state index contributed by atoms with van der Waals surface area (Å²) in [4.78, 5) is 12.4. The highest BCUT2D eigenvalue weighted by Crippen LogP contribution is 2.27. The van der Waals surface area contributed by atoms with Crippen molar-refractivity contribution in [3.8, 4) is 5.75 Å². The van der Waals surface area contributed by atoms with Crippen LogP contribution in [0.4, 0.5) is 8.78 Å². The minimum atomic E-state index is -0.541. The molecule has 0 aliphatic heterocycles. The second-order valence-corrected chi connectivity index (χ2v) is 7.04. The van der Waals surface area contributed by atoms with Gasteiger partial charge in [-0.1, -0.05) is 11.8 Å². The van der Waals surface area contributed by atoms with Crippen LogP contribution in [0.25, 0.3) is 0 Å². The number of hydrogen-bond acceptors (Lipinski definition) is 6. The van der Waals surface area contributed by atoms with Crippen LogP contribution in [0.15, 0.2) is 58.2 Å². The minimum absolute atomic E-state index is 0.171. The van der Waals surface area contributed by atoms with Crippen LogP contribution < -0.4 is 4.74 Å². The molecule has 0 aliphatic rings. The molecule has 2 aromatic carbocycles. The molecular weight excluding hydrogens is 374 g/mol. The summed E-state index contributed by atoms with van der Waals surface area (Å²) in [5.41, 5.74) is 0.407. The molecule has 1 heterocycles. The molecule has 0 spiro atoms. The third-order valence-corrected chi connectivity index (χ3v) is 4.61. The highest BCUT2D eigenvalue weighted by Gasteiger charge is 2.22. The molecule has 0 N–H and O–H groups in total. The van der Waals surface area contributed by atoms with Crippen molar-refractivity contribution >= 4 is 17.5 Å². The Bertz CT molecular complexity index is 913. The molecule has 140 valence electrons. The van der Waals surface area contributed by atoms with Crippen LogP contribution in [0.1, 0.15) is 36.2 Å². The van der Waals surface area contributed by atoms with Crippen LogP contribution in [-0.2, 0) is 0 Å². The quantitative estimate of drug-likeness (QED) is 0.424. The van der Waals surface area contributed by atoms with Crippen LogP contribution >= 0.6 is 11.8 Å². The van der Waals surface area contributed by atoms with Gasteiger partial charge in [-0.15, -0.1) is 10.2 Å². The van der Waals surface area contributed by atoms with Gasteiger partial charge in [0.1, 0.15) is 17.4 Å². The predicted molar refractivity (Wildman–Crippen MR) is 95.8 cm³/mol. The smallest absolute Gasteiger partial charge is 0.277 e. The van der Waals surface area contributed by atoms with E-state index in [-0.39, 0.29) is 22.7 Å².